The maximum absolute atomic E-state index is 12.7. The van der Waals surface area contributed by atoms with Crippen LogP contribution in [0, 0.1) is 5.92 Å². The summed E-state index contributed by atoms with van der Waals surface area (Å²) in [6.45, 7) is 12.5. The molecule has 1 aromatic rings. The highest BCUT2D eigenvalue weighted by molar-refractivity contribution is 5.78. The Balaban J connectivity index is 1.45. The molecule has 3 rings (SSSR count). The van der Waals surface area contributed by atoms with Gasteiger partial charge >= 0.3 is 0 Å². The van der Waals surface area contributed by atoms with Crippen molar-refractivity contribution in [3.8, 4) is 0 Å². The van der Waals surface area contributed by atoms with Crippen molar-refractivity contribution in [2.24, 2.45) is 5.92 Å². The van der Waals surface area contributed by atoms with Gasteiger partial charge in [0, 0.05) is 13.1 Å². The van der Waals surface area contributed by atoms with Gasteiger partial charge in [-0.2, -0.15) is 0 Å². The zero-order chi connectivity index (χ0) is 20.3. The second kappa shape index (κ2) is 8.96. The molecule has 2 aliphatic heterocycles. The van der Waals surface area contributed by atoms with Crippen molar-refractivity contribution < 1.29 is 9.90 Å². The fourth-order valence-corrected chi connectivity index (χ4v) is 4.59. The molecule has 0 spiro atoms. The smallest absolute Gasteiger partial charge is 0.236 e. The Labute approximate surface area is 170 Å². The average Bonchev–Trinajstić information content (AvgIpc) is 2.69. The van der Waals surface area contributed by atoms with Crippen LogP contribution < -0.4 is 0 Å². The molecule has 28 heavy (non-hydrogen) atoms. The molecule has 156 valence electrons. The Morgan fingerprint density at radius 3 is 2.11 bits per heavy atom. The molecule has 0 saturated carbocycles. The van der Waals surface area contributed by atoms with Crippen molar-refractivity contribution in [1.82, 2.24) is 9.80 Å². The van der Waals surface area contributed by atoms with Gasteiger partial charge in [-0.05, 0) is 67.7 Å². The molecule has 0 radical (unpaired) electrons. The summed E-state index contributed by atoms with van der Waals surface area (Å²) in [5.74, 6) is 1.67. The van der Waals surface area contributed by atoms with Crippen molar-refractivity contribution in [1.29, 1.82) is 0 Å². The highest BCUT2D eigenvalue weighted by Gasteiger charge is 2.36. The first-order valence-corrected chi connectivity index (χ1v) is 11.1. The summed E-state index contributed by atoms with van der Waals surface area (Å²) in [6.07, 6.45) is 3.65. The number of piperidine rings is 2. The van der Waals surface area contributed by atoms with E-state index in [0.29, 0.717) is 44.3 Å². The molecule has 0 bridgehead atoms. The summed E-state index contributed by atoms with van der Waals surface area (Å²) in [6, 6.07) is 9.13. The van der Waals surface area contributed by atoms with Crippen LogP contribution in [0.4, 0.5) is 0 Å². The lowest BCUT2D eigenvalue weighted by Gasteiger charge is -2.41. The molecule has 0 aliphatic carbocycles. The van der Waals surface area contributed by atoms with Crippen LogP contribution in [-0.2, 0) is 4.79 Å². The Bertz CT molecular complexity index is 637. The first-order chi connectivity index (χ1) is 13.3. The second-order valence-electron chi connectivity index (χ2n) is 9.51. The summed E-state index contributed by atoms with van der Waals surface area (Å²) >= 11 is 0. The van der Waals surface area contributed by atoms with Crippen LogP contribution in [0.25, 0.3) is 0 Å². The number of likely N-dealkylation sites (tertiary alicyclic amines) is 2. The molecule has 0 aromatic heterocycles. The number of nitrogens with zero attached hydrogens (tertiary/aromatic N) is 2. The SMILES string of the molecule is CC(C)c1ccc(C2CCN(CC(=O)N3CCC(O)(C(C)C)CC3)CC2)cc1. The Kier molecular flexibility index (Phi) is 6.82. The number of amides is 1. The molecule has 4 heteroatoms. The summed E-state index contributed by atoms with van der Waals surface area (Å²) in [5.41, 5.74) is 2.25. The third kappa shape index (κ3) is 4.96. The quantitative estimate of drug-likeness (QED) is 0.832. The topological polar surface area (TPSA) is 43.8 Å². The molecule has 1 amide bonds. The highest BCUT2D eigenvalue weighted by Crippen LogP contribution is 2.31. The average molecular weight is 387 g/mol. The zero-order valence-corrected chi connectivity index (χ0v) is 18.2. The molecular weight excluding hydrogens is 348 g/mol. The lowest BCUT2D eigenvalue weighted by molar-refractivity contribution is -0.138. The maximum atomic E-state index is 12.7. The second-order valence-corrected chi connectivity index (χ2v) is 9.51. The van der Waals surface area contributed by atoms with Crippen LogP contribution in [0.2, 0.25) is 0 Å². The van der Waals surface area contributed by atoms with E-state index >= 15 is 0 Å². The van der Waals surface area contributed by atoms with Crippen LogP contribution in [0.15, 0.2) is 24.3 Å². The van der Waals surface area contributed by atoms with E-state index in [-0.39, 0.29) is 11.8 Å². The molecule has 4 nitrogen and oxygen atoms in total. The Hall–Kier alpha value is -1.39. The van der Waals surface area contributed by atoms with Gasteiger partial charge in [-0.1, -0.05) is 52.0 Å². The summed E-state index contributed by atoms with van der Waals surface area (Å²) < 4.78 is 0. The van der Waals surface area contributed by atoms with Crippen LogP contribution >= 0.6 is 0 Å². The number of hydrogen-bond acceptors (Lipinski definition) is 3. The van der Waals surface area contributed by atoms with Gasteiger partial charge in [0.1, 0.15) is 0 Å². The van der Waals surface area contributed by atoms with E-state index < -0.39 is 5.60 Å². The summed E-state index contributed by atoms with van der Waals surface area (Å²) in [4.78, 5) is 17.0. The van der Waals surface area contributed by atoms with Gasteiger partial charge < -0.3 is 10.0 Å². The van der Waals surface area contributed by atoms with Gasteiger partial charge in [0.15, 0.2) is 0 Å². The van der Waals surface area contributed by atoms with Gasteiger partial charge in [0.25, 0.3) is 0 Å². The van der Waals surface area contributed by atoms with Crippen LogP contribution in [0.3, 0.4) is 0 Å². The first kappa shape index (κ1) is 21.3. The fourth-order valence-electron chi connectivity index (χ4n) is 4.59. The minimum atomic E-state index is -0.597. The van der Waals surface area contributed by atoms with Crippen molar-refractivity contribution in [2.75, 3.05) is 32.7 Å². The summed E-state index contributed by atoms with van der Waals surface area (Å²) in [7, 11) is 0. The van der Waals surface area contributed by atoms with Gasteiger partial charge in [0.05, 0.1) is 12.1 Å². The molecule has 2 fully saturated rings. The third-order valence-electron chi connectivity index (χ3n) is 7.08. The van der Waals surface area contributed by atoms with Gasteiger partial charge in [0.2, 0.25) is 5.91 Å². The number of benzene rings is 1. The molecule has 1 aromatic carbocycles. The predicted molar refractivity (Wildman–Crippen MR) is 115 cm³/mol. The van der Waals surface area contributed by atoms with Crippen LogP contribution in [0.5, 0.6) is 0 Å². The van der Waals surface area contributed by atoms with Crippen LogP contribution in [-0.4, -0.2) is 59.1 Å². The van der Waals surface area contributed by atoms with Crippen molar-refractivity contribution in [2.45, 2.75) is 70.8 Å². The van der Waals surface area contributed by atoms with E-state index in [2.05, 4.69) is 56.9 Å². The van der Waals surface area contributed by atoms with E-state index in [9.17, 15) is 9.90 Å². The zero-order valence-electron chi connectivity index (χ0n) is 18.2. The minimum absolute atomic E-state index is 0.227. The molecular formula is C24H38N2O2. The van der Waals surface area contributed by atoms with Gasteiger partial charge in [-0.25, -0.2) is 0 Å². The molecule has 1 N–H and O–H groups in total. The van der Waals surface area contributed by atoms with E-state index in [1.54, 1.807) is 0 Å². The molecule has 2 aliphatic rings. The predicted octanol–water partition coefficient (Wildman–Crippen LogP) is 4.00. The van der Waals surface area contributed by atoms with Gasteiger partial charge in [-0.3, -0.25) is 9.69 Å². The number of aliphatic hydroxyl groups is 1. The van der Waals surface area contributed by atoms with E-state index in [1.807, 2.05) is 4.90 Å². The number of hydrogen-bond donors (Lipinski definition) is 1. The Morgan fingerprint density at radius 1 is 1.04 bits per heavy atom. The third-order valence-corrected chi connectivity index (χ3v) is 7.08. The molecule has 2 saturated heterocycles. The van der Waals surface area contributed by atoms with Gasteiger partial charge in [-0.15, -0.1) is 0 Å². The molecule has 0 atom stereocenters. The van der Waals surface area contributed by atoms with Crippen molar-refractivity contribution in [3.05, 3.63) is 35.4 Å². The first-order valence-electron chi connectivity index (χ1n) is 11.1. The Morgan fingerprint density at radius 2 is 1.61 bits per heavy atom. The largest absolute Gasteiger partial charge is 0.389 e. The van der Waals surface area contributed by atoms with Crippen LogP contribution in [0.1, 0.15) is 76.3 Å². The van der Waals surface area contributed by atoms with E-state index in [1.165, 1.54) is 11.1 Å². The monoisotopic (exact) mass is 386 g/mol. The lowest BCUT2D eigenvalue weighted by Crippen LogP contribution is -2.51. The molecule has 2 heterocycles. The number of rotatable bonds is 5. The molecule has 0 unspecified atom stereocenters. The number of carbonyl (C=O) groups excluding carboxylic acids is 1. The summed E-state index contributed by atoms with van der Waals surface area (Å²) in [5, 5.41) is 10.6. The van der Waals surface area contributed by atoms with Crippen molar-refractivity contribution >= 4 is 5.91 Å². The van der Waals surface area contributed by atoms with E-state index in [0.717, 1.165) is 25.9 Å². The maximum Gasteiger partial charge on any atom is 0.236 e. The number of carbonyl (C=O) groups is 1. The van der Waals surface area contributed by atoms with Crippen molar-refractivity contribution in [3.63, 3.8) is 0 Å². The highest BCUT2D eigenvalue weighted by atomic mass is 16.3. The normalized spacial score (nSPS) is 21.5. The fraction of sp³-hybridized carbons (Fsp3) is 0.708. The standard InChI is InChI=1S/C24H38N2O2/c1-18(2)20-5-7-21(8-6-20)22-9-13-25(14-10-22)17-23(27)26-15-11-24(28,12-16-26)19(3)4/h5-8,18-19,22,28H,9-17H2,1-4H3. The minimum Gasteiger partial charge on any atom is -0.389 e. The van der Waals surface area contributed by atoms with E-state index in [4.69, 9.17) is 0 Å². The lowest BCUT2D eigenvalue weighted by atomic mass is 9.81.